The van der Waals surface area contributed by atoms with E-state index in [0.29, 0.717) is 5.69 Å². The number of hydrogen-bond acceptors (Lipinski definition) is 2. The molecule has 0 fully saturated rings. The highest BCUT2D eigenvalue weighted by molar-refractivity contribution is 5.89. The third kappa shape index (κ3) is 1.61. The van der Waals surface area contributed by atoms with E-state index in [2.05, 4.69) is 17.1 Å². The fraction of sp³-hybridized carbons (Fsp3) is 0. The Bertz CT molecular complexity index is 650. The van der Waals surface area contributed by atoms with E-state index in [1.54, 1.807) is 0 Å². The molecule has 3 heteroatoms. The van der Waals surface area contributed by atoms with Crippen LogP contribution in [0.4, 0.5) is 11.4 Å². The Balaban J connectivity index is 2.23. The summed E-state index contributed by atoms with van der Waals surface area (Å²) in [4.78, 5) is 3.34. The first kappa shape index (κ1) is 9.78. The maximum Gasteiger partial charge on any atom is 0.0486 e. The van der Waals surface area contributed by atoms with Gasteiger partial charge in [-0.1, -0.05) is 18.2 Å². The minimum Gasteiger partial charge on any atom is -0.399 e. The standard InChI is InChI=1S/C14H13N3/c15-10-5-6-12(16)11(8-10)14-7-9-3-1-2-4-13(9)17-14/h1-8,17H,15-16H2. The minimum atomic E-state index is 0.716. The van der Waals surface area contributed by atoms with Gasteiger partial charge in [-0.2, -0.15) is 0 Å². The van der Waals surface area contributed by atoms with Crippen molar-refractivity contribution >= 4 is 22.3 Å². The maximum absolute atomic E-state index is 5.97. The number of nitrogens with two attached hydrogens (primary N) is 2. The van der Waals surface area contributed by atoms with Gasteiger partial charge in [0.25, 0.3) is 0 Å². The van der Waals surface area contributed by atoms with Crippen molar-refractivity contribution in [2.45, 2.75) is 0 Å². The van der Waals surface area contributed by atoms with Crippen molar-refractivity contribution in [3.63, 3.8) is 0 Å². The van der Waals surface area contributed by atoms with Gasteiger partial charge in [-0.15, -0.1) is 0 Å². The van der Waals surface area contributed by atoms with Gasteiger partial charge in [-0.05, 0) is 30.3 Å². The number of aromatic amines is 1. The number of nitrogen functional groups attached to an aromatic ring is 2. The van der Waals surface area contributed by atoms with Gasteiger partial charge in [0.05, 0.1) is 0 Å². The lowest BCUT2D eigenvalue weighted by Crippen LogP contribution is -1.92. The zero-order valence-electron chi connectivity index (χ0n) is 9.27. The van der Waals surface area contributed by atoms with Crippen molar-refractivity contribution in [1.82, 2.24) is 4.98 Å². The van der Waals surface area contributed by atoms with Crippen LogP contribution >= 0.6 is 0 Å². The molecule has 2 aromatic carbocycles. The number of rotatable bonds is 1. The molecule has 0 spiro atoms. The van der Waals surface area contributed by atoms with Crippen LogP contribution in [0.2, 0.25) is 0 Å². The number of anilines is 2. The fourth-order valence-electron chi connectivity index (χ4n) is 2.03. The molecule has 0 radical (unpaired) electrons. The molecule has 1 heterocycles. The van der Waals surface area contributed by atoms with E-state index in [0.717, 1.165) is 22.5 Å². The van der Waals surface area contributed by atoms with Crippen LogP contribution in [0.5, 0.6) is 0 Å². The summed E-state index contributed by atoms with van der Waals surface area (Å²) in [6.45, 7) is 0. The van der Waals surface area contributed by atoms with E-state index in [1.165, 1.54) is 5.39 Å². The molecule has 5 N–H and O–H groups in total. The first-order chi connectivity index (χ1) is 8.24. The highest BCUT2D eigenvalue weighted by Crippen LogP contribution is 2.29. The number of nitrogens with one attached hydrogen (secondary N) is 1. The van der Waals surface area contributed by atoms with Crippen molar-refractivity contribution in [1.29, 1.82) is 0 Å². The van der Waals surface area contributed by atoms with Crippen LogP contribution in [0.3, 0.4) is 0 Å². The van der Waals surface area contributed by atoms with E-state index >= 15 is 0 Å². The number of H-pyrrole nitrogens is 1. The van der Waals surface area contributed by atoms with Crippen LogP contribution in [0.15, 0.2) is 48.5 Å². The Morgan fingerprint density at radius 1 is 0.882 bits per heavy atom. The lowest BCUT2D eigenvalue weighted by atomic mass is 10.1. The van der Waals surface area contributed by atoms with Crippen molar-refractivity contribution < 1.29 is 0 Å². The fourth-order valence-corrected chi connectivity index (χ4v) is 2.03. The molecule has 84 valence electrons. The van der Waals surface area contributed by atoms with Crippen LogP contribution in [-0.4, -0.2) is 4.98 Å². The van der Waals surface area contributed by atoms with Gasteiger partial charge in [-0.3, -0.25) is 0 Å². The molecule has 0 aliphatic carbocycles. The summed E-state index contributed by atoms with van der Waals surface area (Å²) in [5, 5.41) is 1.17. The van der Waals surface area contributed by atoms with Crippen molar-refractivity contribution in [3.8, 4) is 11.3 Å². The Hall–Kier alpha value is -2.42. The molecule has 3 rings (SSSR count). The summed E-state index contributed by atoms with van der Waals surface area (Å²) in [6, 6.07) is 15.7. The van der Waals surface area contributed by atoms with Crippen LogP contribution in [0, 0.1) is 0 Å². The zero-order valence-corrected chi connectivity index (χ0v) is 9.27. The summed E-state index contributed by atoms with van der Waals surface area (Å²) in [5.41, 5.74) is 16.2. The van der Waals surface area contributed by atoms with Crippen LogP contribution < -0.4 is 11.5 Å². The van der Waals surface area contributed by atoms with Gasteiger partial charge < -0.3 is 16.5 Å². The highest BCUT2D eigenvalue weighted by Gasteiger charge is 2.06. The van der Waals surface area contributed by atoms with Crippen LogP contribution in [0.25, 0.3) is 22.2 Å². The van der Waals surface area contributed by atoms with E-state index in [1.807, 2.05) is 36.4 Å². The Labute approximate surface area is 99.1 Å². The molecule has 3 aromatic rings. The zero-order chi connectivity index (χ0) is 11.8. The number of hydrogen-bond donors (Lipinski definition) is 3. The third-order valence-corrected chi connectivity index (χ3v) is 2.90. The van der Waals surface area contributed by atoms with Crippen LogP contribution in [0.1, 0.15) is 0 Å². The number of para-hydroxylation sites is 1. The second kappa shape index (κ2) is 3.56. The monoisotopic (exact) mass is 223 g/mol. The topological polar surface area (TPSA) is 67.8 Å². The number of fused-ring (bicyclic) bond motifs is 1. The van der Waals surface area contributed by atoms with E-state index in [-0.39, 0.29) is 0 Å². The van der Waals surface area contributed by atoms with Gasteiger partial charge in [0.2, 0.25) is 0 Å². The summed E-state index contributed by atoms with van der Waals surface area (Å²) >= 11 is 0. The molecule has 0 aliphatic rings. The molecule has 0 saturated heterocycles. The predicted octanol–water partition coefficient (Wildman–Crippen LogP) is 3.00. The second-order valence-corrected chi connectivity index (χ2v) is 4.12. The molecule has 0 aliphatic heterocycles. The molecule has 0 saturated carbocycles. The molecule has 0 unspecified atom stereocenters. The van der Waals surface area contributed by atoms with Gasteiger partial charge >= 0.3 is 0 Å². The Morgan fingerprint density at radius 3 is 2.53 bits per heavy atom. The van der Waals surface area contributed by atoms with E-state index in [9.17, 15) is 0 Å². The Kier molecular flexibility index (Phi) is 2.05. The smallest absolute Gasteiger partial charge is 0.0486 e. The van der Waals surface area contributed by atoms with E-state index in [4.69, 9.17) is 11.5 Å². The summed E-state index contributed by atoms with van der Waals surface area (Å²) in [7, 11) is 0. The van der Waals surface area contributed by atoms with Crippen molar-refractivity contribution in [2.75, 3.05) is 11.5 Å². The molecular formula is C14H13N3. The van der Waals surface area contributed by atoms with Gasteiger partial charge in [0.1, 0.15) is 0 Å². The first-order valence-electron chi connectivity index (χ1n) is 5.47. The van der Waals surface area contributed by atoms with E-state index < -0.39 is 0 Å². The number of aromatic nitrogens is 1. The largest absolute Gasteiger partial charge is 0.399 e. The average molecular weight is 223 g/mol. The molecule has 0 bridgehead atoms. The lowest BCUT2D eigenvalue weighted by molar-refractivity contribution is 1.45. The van der Waals surface area contributed by atoms with Gasteiger partial charge in [0.15, 0.2) is 0 Å². The normalized spacial score (nSPS) is 10.8. The number of benzene rings is 2. The van der Waals surface area contributed by atoms with Crippen LogP contribution in [-0.2, 0) is 0 Å². The second-order valence-electron chi connectivity index (χ2n) is 4.12. The summed E-state index contributed by atoms with van der Waals surface area (Å²) < 4.78 is 0. The summed E-state index contributed by atoms with van der Waals surface area (Å²) in [6.07, 6.45) is 0. The maximum atomic E-state index is 5.97. The third-order valence-electron chi connectivity index (χ3n) is 2.90. The minimum absolute atomic E-state index is 0.716. The molecule has 1 aromatic heterocycles. The van der Waals surface area contributed by atoms with Crippen molar-refractivity contribution in [3.05, 3.63) is 48.5 Å². The van der Waals surface area contributed by atoms with Gasteiger partial charge in [-0.25, -0.2) is 0 Å². The molecule has 0 amide bonds. The Morgan fingerprint density at radius 2 is 1.71 bits per heavy atom. The molecule has 17 heavy (non-hydrogen) atoms. The SMILES string of the molecule is Nc1ccc(N)c(-c2cc3ccccc3[nH]2)c1. The van der Waals surface area contributed by atoms with Crippen molar-refractivity contribution in [2.24, 2.45) is 0 Å². The highest BCUT2D eigenvalue weighted by atomic mass is 14.7. The predicted molar refractivity (Wildman–Crippen MR) is 72.6 cm³/mol. The summed E-state index contributed by atoms with van der Waals surface area (Å²) in [5.74, 6) is 0. The molecule has 0 atom stereocenters. The molecular weight excluding hydrogens is 210 g/mol. The quantitative estimate of drug-likeness (QED) is 0.555. The lowest BCUT2D eigenvalue weighted by Gasteiger charge is -2.04. The first-order valence-corrected chi connectivity index (χ1v) is 5.47. The molecule has 3 nitrogen and oxygen atoms in total. The average Bonchev–Trinajstić information content (AvgIpc) is 2.75. The van der Waals surface area contributed by atoms with Gasteiger partial charge in [0, 0.05) is 33.5 Å².